The van der Waals surface area contributed by atoms with Crippen LogP contribution >= 0.6 is 0 Å². The van der Waals surface area contributed by atoms with E-state index < -0.39 is 5.97 Å². The van der Waals surface area contributed by atoms with E-state index in [-0.39, 0.29) is 11.0 Å². The molecule has 1 aliphatic carbocycles. The number of aromatic carboxylic acids is 1. The molecule has 0 bridgehead atoms. The Bertz CT molecular complexity index is 1190. The normalized spacial score (nSPS) is 14.3. The van der Waals surface area contributed by atoms with Crippen LogP contribution < -0.4 is 14.9 Å². The molecule has 0 unspecified atom stereocenters. The smallest absolute Gasteiger partial charge is 0.335 e. The lowest BCUT2D eigenvalue weighted by atomic mass is 10.1. The van der Waals surface area contributed by atoms with Gasteiger partial charge in [0.25, 0.3) is 0 Å². The second-order valence-corrected chi connectivity index (χ2v) is 6.51. The minimum absolute atomic E-state index is 0.0645. The lowest BCUT2D eigenvalue weighted by Crippen LogP contribution is -2.09. The van der Waals surface area contributed by atoms with Gasteiger partial charge in [-0.3, -0.25) is 4.79 Å². The van der Waals surface area contributed by atoms with E-state index in [2.05, 4.69) is 0 Å². The molecule has 1 aliphatic rings. The van der Waals surface area contributed by atoms with Crippen molar-refractivity contribution in [3.05, 3.63) is 69.1 Å². The molecular formula is C22H18O6. The Morgan fingerprint density at radius 2 is 1.96 bits per heavy atom. The number of benzene rings is 2. The molecule has 0 fully saturated rings. The lowest BCUT2D eigenvalue weighted by Gasteiger charge is -2.11. The van der Waals surface area contributed by atoms with Crippen molar-refractivity contribution in [1.29, 1.82) is 0 Å². The molecule has 6 nitrogen and oxygen atoms in total. The molecule has 6 heteroatoms. The predicted molar refractivity (Wildman–Crippen MR) is 105 cm³/mol. The highest BCUT2D eigenvalue weighted by atomic mass is 16.5. The second kappa shape index (κ2) is 6.88. The van der Waals surface area contributed by atoms with Crippen molar-refractivity contribution in [2.75, 3.05) is 14.2 Å². The highest BCUT2D eigenvalue weighted by Crippen LogP contribution is 2.38. The van der Waals surface area contributed by atoms with Gasteiger partial charge in [0.15, 0.2) is 16.9 Å². The van der Waals surface area contributed by atoms with E-state index in [0.29, 0.717) is 46.6 Å². The molecule has 0 amide bonds. The van der Waals surface area contributed by atoms with Crippen LogP contribution in [0, 0.1) is 0 Å². The molecular weight excluding hydrogens is 360 g/mol. The number of para-hydroxylation sites is 1. The van der Waals surface area contributed by atoms with Crippen LogP contribution in [-0.2, 0) is 6.42 Å². The van der Waals surface area contributed by atoms with Crippen molar-refractivity contribution in [1.82, 2.24) is 0 Å². The van der Waals surface area contributed by atoms with Gasteiger partial charge < -0.3 is 19.0 Å². The molecule has 1 N–H and O–H groups in total. The van der Waals surface area contributed by atoms with Crippen LogP contribution in [0.2, 0.25) is 0 Å². The van der Waals surface area contributed by atoms with Crippen LogP contribution in [0.25, 0.3) is 22.6 Å². The van der Waals surface area contributed by atoms with Crippen molar-refractivity contribution in [2.24, 2.45) is 0 Å². The van der Waals surface area contributed by atoms with E-state index in [1.165, 1.54) is 18.2 Å². The first-order valence-corrected chi connectivity index (χ1v) is 8.78. The van der Waals surface area contributed by atoms with Crippen molar-refractivity contribution >= 4 is 28.6 Å². The topological polar surface area (TPSA) is 86.0 Å². The second-order valence-electron chi connectivity index (χ2n) is 6.51. The van der Waals surface area contributed by atoms with Crippen LogP contribution in [0.1, 0.15) is 33.7 Å². The molecule has 0 radical (unpaired) electrons. The van der Waals surface area contributed by atoms with Crippen LogP contribution in [-0.4, -0.2) is 25.3 Å². The Hall–Kier alpha value is -3.54. The zero-order valence-electron chi connectivity index (χ0n) is 15.4. The highest BCUT2D eigenvalue weighted by molar-refractivity contribution is 5.94. The third-order valence-corrected chi connectivity index (χ3v) is 4.93. The van der Waals surface area contributed by atoms with E-state index in [1.54, 1.807) is 14.2 Å². The maximum Gasteiger partial charge on any atom is 0.335 e. The molecule has 1 aromatic heterocycles. The van der Waals surface area contributed by atoms with Gasteiger partial charge >= 0.3 is 5.97 Å². The molecule has 1 heterocycles. The summed E-state index contributed by atoms with van der Waals surface area (Å²) in [6.45, 7) is 0. The zero-order chi connectivity index (χ0) is 19.8. The number of carboxylic acid groups (broad SMARTS) is 1. The average molecular weight is 378 g/mol. The molecule has 3 aromatic rings. The molecule has 28 heavy (non-hydrogen) atoms. The van der Waals surface area contributed by atoms with Crippen molar-refractivity contribution in [3.8, 4) is 11.5 Å². The third kappa shape index (κ3) is 2.83. The fourth-order valence-electron chi connectivity index (χ4n) is 3.58. The molecule has 0 saturated carbocycles. The Morgan fingerprint density at radius 1 is 1.14 bits per heavy atom. The molecule has 0 saturated heterocycles. The first-order valence-electron chi connectivity index (χ1n) is 8.78. The third-order valence-electron chi connectivity index (χ3n) is 4.93. The lowest BCUT2D eigenvalue weighted by molar-refractivity contribution is 0.0697. The van der Waals surface area contributed by atoms with Crippen molar-refractivity contribution in [2.45, 2.75) is 12.8 Å². The number of hydrogen-bond donors (Lipinski definition) is 1. The van der Waals surface area contributed by atoms with E-state index >= 15 is 0 Å². The molecule has 4 rings (SSSR count). The number of carboxylic acids is 1. The summed E-state index contributed by atoms with van der Waals surface area (Å²) in [5.41, 5.74) is 2.55. The first kappa shape index (κ1) is 17.9. The monoisotopic (exact) mass is 378 g/mol. The summed E-state index contributed by atoms with van der Waals surface area (Å²) < 4.78 is 16.8. The summed E-state index contributed by atoms with van der Waals surface area (Å²) in [7, 11) is 3.16. The Kier molecular flexibility index (Phi) is 4.39. The van der Waals surface area contributed by atoms with Gasteiger partial charge in [0, 0.05) is 11.1 Å². The average Bonchev–Trinajstić information content (AvgIpc) is 3.10. The number of fused-ring (bicyclic) bond motifs is 2. The minimum atomic E-state index is -1.08. The number of methoxy groups -OCH3 is 2. The number of rotatable bonds is 4. The summed E-state index contributed by atoms with van der Waals surface area (Å²) >= 11 is 0. The standard InChI is InChI=1S/C22H18O6/c1-26-18-5-3-4-12(21(18)27-2)10-13-6-8-15-19(23)16-11-14(22(24)25)7-9-17(16)28-20(13)15/h3-5,7,9-11H,6,8H2,1-2H3,(H,24,25)/b13-10-. The van der Waals surface area contributed by atoms with Crippen LogP contribution in [0.4, 0.5) is 0 Å². The summed E-state index contributed by atoms with van der Waals surface area (Å²) in [5.74, 6) is 0.703. The van der Waals surface area contributed by atoms with Crippen LogP contribution in [0.3, 0.4) is 0 Å². The SMILES string of the molecule is COc1cccc(/C=C2/CCc3c2oc2ccc(C(=O)O)cc2c3=O)c1OC. The summed E-state index contributed by atoms with van der Waals surface area (Å²) in [6, 6.07) is 9.93. The fraction of sp³-hybridized carbons (Fsp3) is 0.182. The molecule has 0 atom stereocenters. The van der Waals surface area contributed by atoms with Crippen LogP contribution in [0.5, 0.6) is 11.5 Å². The quantitative estimate of drug-likeness (QED) is 0.739. The van der Waals surface area contributed by atoms with E-state index in [0.717, 1.165) is 11.1 Å². The Balaban J connectivity index is 1.87. The minimum Gasteiger partial charge on any atom is -0.493 e. The number of carbonyl (C=O) groups is 1. The predicted octanol–water partition coefficient (Wildman–Crippen LogP) is 4.00. The van der Waals surface area contributed by atoms with Gasteiger partial charge in [-0.15, -0.1) is 0 Å². The van der Waals surface area contributed by atoms with Gasteiger partial charge in [-0.1, -0.05) is 12.1 Å². The maximum atomic E-state index is 12.9. The maximum absolute atomic E-state index is 12.9. The van der Waals surface area contributed by atoms with Gasteiger partial charge in [-0.05, 0) is 48.8 Å². The van der Waals surface area contributed by atoms with E-state index in [9.17, 15) is 9.59 Å². The zero-order valence-corrected chi connectivity index (χ0v) is 15.4. The number of ether oxygens (including phenoxy) is 2. The summed E-state index contributed by atoms with van der Waals surface area (Å²) in [5, 5.41) is 9.45. The molecule has 2 aromatic carbocycles. The van der Waals surface area contributed by atoms with E-state index in [1.807, 2.05) is 24.3 Å². The van der Waals surface area contributed by atoms with Crippen LogP contribution in [0.15, 0.2) is 45.6 Å². The van der Waals surface area contributed by atoms with Gasteiger partial charge in [-0.2, -0.15) is 0 Å². The van der Waals surface area contributed by atoms with Gasteiger partial charge in [0.05, 0.1) is 25.2 Å². The van der Waals surface area contributed by atoms with Crippen molar-refractivity contribution < 1.29 is 23.8 Å². The summed E-state index contributed by atoms with van der Waals surface area (Å²) in [4.78, 5) is 24.1. The molecule has 0 aliphatic heterocycles. The number of allylic oxidation sites excluding steroid dienone is 1. The van der Waals surface area contributed by atoms with E-state index in [4.69, 9.17) is 19.0 Å². The fourth-order valence-corrected chi connectivity index (χ4v) is 3.58. The first-order chi connectivity index (χ1) is 13.5. The van der Waals surface area contributed by atoms with Gasteiger partial charge in [-0.25, -0.2) is 4.79 Å². The van der Waals surface area contributed by atoms with Gasteiger partial charge in [0.2, 0.25) is 0 Å². The summed E-state index contributed by atoms with van der Waals surface area (Å²) in [6.07, 6.45) is 3.13. The van der Waals surface area contributed by atoms with Crippen molar-refractivity contribution in [3.63, 3.8) is 0 Å². The Labute approximate surface area is 160 Å². The largest absolute Gasteiger partial charge is 0.493 e. The highest BCUT2D eigenvalue weighted by Gasteiger charge is 2.25. The molecule has 0 spiro atoms. The number of hydrogen-bond acceptors (Lipinski definition) is 5. The molecule has 142 valence electrons. The van der Waals surface area contributed by atoms with Gasteiger partial charge in [0.1, 0.15) is 11.3 Å². The Morgan fingerprint density at radius 3 is 2.68 bits per heavy atom.